The van der Waals surface area contributed by atoms with Crippen molar-refractivity contribution in [3.8, 4) is 5.82 Å². The predicted octanol–water partition coefficient (Wildman–Crippen LogP) is 5.18. The third-order valence-electron chi connectivity index (χ3n) is 4.03. The molecule has 1 unspecified atom stereocenters. The number of nitrogens with zero attached hydrogens (tertiary/aromatic N) is 5. The smallest absolute Gasteiger partial charge is 0.164 e. The lowest BCUT2D eigenvalue weighted by molar-refractivity contribution is 0.822. The minimum Gasteiger partial charge on any atom is -0.330 e. The molecular weight excluding hydrogens is 381 g/mol. The number of fused-ring (bicyclic) bond motifs is 1. The zero-order valence-corrected chi connectivity index (χ0v) is 15.3. The molecule has 3 aromatic rings. The summed E-state index contributed by atoms with van der Waals surface area (Å²) in [6, 6.07) is 5.43. The molecule has 0 saturated carbocycles. The first-order valence-electron chi connectivity index (χ1n) is 7.53. The Balaban J connectivity index is 2.00. The lowest BCUT2D eigenvalue weighted by Crippen LogP contribution is -2.31. The number of rotatable bonds is 2. The summed E-state index contributed by atoms with van der Waals surface area (Å²) in [6.45, 7) is 2.05. The van der Waals surface area contributed by atoms with Gasteiger partial charge in [-0.2, -0.15) is 5.10 Å². The zero-order chi connectivity index (χ0) is 17.6. The van der Waals surface area contributed by atoms with Gasteiger partial charge in [0, 0.05) is 11.6 Å². The maximum Gasteiger partial charge on any atom is 0.164 e. The highest BCUT2D eigenvalue weighted by atomic mass is 35.5. The van der Waals surface area contributed by atoms with E-state index in [4.69, 9.17) is 34.8 Å². The molecule has 8 heteroatoms. The van der Waals surface area contributed by atoms with E-state index < -0.39 is 0 Å². The number of aromatic nitrogens is 4. The van der Waals surface area contributed by atoms with E-state index in [1.807, 2.05) is 30.0 Å². The Morgan fingerprint density at radius 2 is 1.80 bits per heavy atom. The van der Waals surface area contributed by atoms with Crippen LogP contribution in [0, 0.1) is 0 Å². The normalized spacial score (nSPS) is 16.2. The van der Waals surface area contributed by atoms with Gasteiger partial charge in [-0.15, -0.1) is 0 Å². The molecule has 0 N–H and O–H groups in total. The number of halogens is 3. The van der Waals surface area contributed by atoms with Gasteiger partial charge in [0.1, 0.15) is 12.7 Å². The lowest BCUT2D eigenvalue weighted by atomic mass is 10.0. The van der Waals surface area contributed by atoms with Gasteiger partial charge in [0.15, 0.2) is 5.82 Å². The SMILES string of the molecule is CC1C=Cc2c(-n3cncn3)ncc(Cl)c2N1c1c(Cl)cccc1Cl. The second-order valence-electron chi connectivity index (χ2n) is 5.57. The second-order valence-corrected chi connectivity index (χ2v) is 6.79. The summed E-state index contributed by atoms with van der Waals surface area (Å²) in [4.78, 5) is 10.4. The van der Waals surface area contributed by atoms with Crippen molar-refractivity contribution in [2.45, 2.75) is 13.0 Å². The third kappa shape index (κ3) is 2.68. The number of anilines is 2. The fraction of sp³-hybridized carbons (Fsp3) is 0.118. The van der Waals surface area contributed by atoms with Crippen molar-refractivity contribution < 1.29 is 0 Å². The quantitative estimate of drug-likeness (QED) is 0.603. The molecule has 0 fully saturated rings. The van der Waals surface area contributed by atoms with Crippen molar-refractivity contribution in [3.63, 3.8) is 0 Å². The monoisotopic (exact) mass is 391 g/mol. The van der Waals surface area contributed by atoms with Crippen LogP contribution in [0.15, 0.2) is 43.1 Å². The van der Waals surface area contributed by atoms with Crippen LogP contribution in [-0.2, 0) is 0 Å². The van der Waals surface area contributed by atoms with Crippen molar-refractivity contribution in [3.05, 3.63) is 63.8 Å². The van der Waals surface area contributed by atoms with Crippen molar-refractivity contribution in [1.29, 1.82) is 0 Å². The van der Waals surface area contributed by atoms with Crippen LogP contribution in [0.2, 0.25) is 15.1 Å². The first kappa shape index (κ1) is 16.4. The van der Waals surface area contributed by atoms with Gasteiger partial charge >= 0.3 is 0 Å². The molecule has 1 aliphatic heterocycles. The van der Waals surface area contributed by atoms with Gasteiger partial charge in [0.25, 0.3) is 0 Å². The van der Waals surface area contributed by atoms with Crippen LogP contribution in [0.5, 0.6) is 0 Å². The Labute approximate surface area is 159 Å². The van der Waals surface area contributed by atoms with Gasteiger partial charge in [-0.05, 0) is 19.1 Å². The molecule has 0 bridgehead atoms. The van der Waals surface area contributed by atoms with Crippen molar-refractivity contribution in [1.82, 2.24) is 19.7 Å². The Hall–Kier alpha value is -2.08. The molecule has 1 aliphatic rings. The topological polar surface area (TPSA) is 46.8 Å². The first-order chi connectivity index (χ1) is 12.1. The van der Waals surface area contributed by atoms with E-state index >= 15 is 0 Å². The Kier molecular flexibility index (Phi) is 4.15. The summed E-state index contributed by atoms with van der Waals surface area (Å²) in [7, 11) is 0. The second kappa shape index (κ2) is 6.33. The van der Waals surface area contributed by atoms with E-state index in [2.05, 4.69) is 15.1 Å². The molecule has 126 valence electrons. The molecule has 0 amide bonds. The Morgan fingerprint density at radius 1 is 1.04 bits per heavy atom. The summed E-state index contributed by atoms with van der Waals surface area (Å²) >= 11 is 19.4. The summed E-state index contributed by atoms with van der Waals surface area (Å²) < 4.78 is 1.60. The van der Waals surface area contributed by atoms with Crippen LogP contribution in [-0.4, -0.2) is 25.8 Å². The van der Waals surface area contributed by atoms with E-state index in [1.54, 1.807) is 29.3 Å². The summed E-state index contributed by atoms with van der Waals surface area (Å²) in [5.74, 6) is 0.633. The molecule has 5 nitrogen and oxygen atoms in total. The first-order valence-corrected chi connectivity index (χ1v) is 8.66. The molecule has 0 aliphatic carbocycles. The minimum atomic E-state index is 0.00777. The van der Waals surface area contributed by atoms with Crippen molar-refractivity contribution in [2.75, 3.05) is 4.90 Å². The highest BCUT2D eigenvalue weighted by Crippen LogP contribution is 2.46. The third-order valence-corrected chi connectivity index (χ3v) is 4.91. The van der Waals surface area contributed by atoms with Crippen LogP contribution in [0.4, 0.5) is 11.4 Å². The van der Waals surface area contributed by atoms with E-state index in [9.17, 15) is 0 Å². The molecule has 2 aromatic heterocycles. The number of hydrogen-bond acceptors (Lipinski definition) is 4. The summed E-state index contributed by atoms with van der Waals surface area (Å²) in [6.07, 6.45) is 8.67. The van der Waals surface area contributed by atoms with Gasteiger partial charge in [-0.1, -0.05) is 53.0 Å². The van der Waals surface area contributed by atoms with Gasteiger partial charge < -0.3 is 4.90 Å². The molecule has 3 heterocycles. The van der Waals surface area contributed by atoms with Crippen LogP contribution >= 0.6 is 34.8 Å². The van der Waals surface area contributed by atoms with Crippen LogP contribution < -0.4 is 4.90 Å². The van der Waals surface area contributed by atoms with Gasteiger partial charge in [-0.25, -0.2) is 14.6 Å². The van der Waals surface area contributed by atoms with E-state index in [1.165, 1.54) is 6.33 Å². The fourth-order valence-electron chi connectivity index (χ4n) is 2.94. The Morgan fingerprint density at radius 3 is 2.48 bits per heavy atom. The molecule has 4 rings (SSSR count). The molecule has 1 atom stereocenters. The average molecular weight is 393 g/mol. The largest absolute Gasteiger partial charge is 0.330 e. The number of pyridine rings is 1. The van der Waals surface area contributed by atoms with E-state index in [0.717, 1.165) is 11.3 Å². The van der Waals surface area contributed by atoms with Crippen LogP contribution in [0.25, 0.3) is 11.9 Å². The van der Waals surface area contributed by atoms with E-state index in [0.29, 0.717) is 26.6 Å². The number of para-hydroxylation sites is 1. The highest BCUT2D eigenvalue weighted by molar-refractivity contribution is 6.40. The Bertz CT molecular complexity index is 948. The van der Waals surface area contributed by atoms with E-state index in [-0.39, 0.29) is 6.04 Å². The number of hydrogen-bond donors (Lipinski definition) is 0. The molecule has 1 aromatic carbocycles. The molecule has 25 heavy (non-hydrogen) atoms. The number of benzene rings is 1. The maximum absolute atomic E-state index is 6.52. The van der Waals surface area contributed by atoms with Gasteiger partial charge in [0.05, 0.1) is 32.6 Å². The van der Waals surface area contributed by atoms with Gasteiger partial charge in [-0.3, -0.25) is 0 Å². The summed E-state index contributed by atoms with van der Waals surface area (Å²) in [5.41, 5.74) is 2.32. The molecule has 0 radical (unpaired) electrons. The minimum absolute atomic E-state index is 0.00777. The maximum atomic E-state index is 6.52. The van der Waals surface area contributed by atoms with Crippen LogP contribution in [0.3, 0.4) is 0 Å². The predicted molar refractivity (Wildman–Crippen MR) is 101 cm³/mol. The summed E-state index contributed by atoms with van der Waals surface area (Å²) in [5, 5.41) is 5.78. The zero-order valence-electron chi connectivity index (χ0n) is 13.1. The van der Waals surface area contributed by atoms with Crippen molar-refractivity contribution in [2.24, 2.45) is 0 Å². The average Bonchev–Trinajstić information content (AvgIpc) is 3.11. The standard InChI is InChI=1S/C17H12Cl3N5/c1-10-5-6-11-15(25(10)16-12(18)3-2-4-13(16)19)14(20)7-22-17(11)24-9-21-8-23-24/h2-10H,1H3. The van der Waals surface area contributed by atoms with Crippen molar-refractivity contribution >= 4 is 52.3 Å². The van der Waals surface area contributed by atoms with Gasteiger partial charge in [0.2, 0.25) is 0 Å². The van der Waals surface area contributed by atoms with Crippen LogP contribution in [0.1, 0.15) is 12.5 Å². The molecule has 0 spiro atoms. The highest BCUT2D eigenvalue weighted by Gasteiger charge is 2.29. The molecular formula is C17H12Cl3N5. The fourth-order valence-corrected chi connectivity index (χ4v) is 3.76. The lowest BCUT2D eigenvalue weighted by Gasteiger charge is -2.36. The molecule has 0 saturated heterocycles.